The molecule has 132 valence electrons. The lowest BCUT2D eigenvalue weighted by Gasteiger charge is -2.31. The fraction of sp³-hybridized carbons (Fsp3) is 0.533. The van der Waals surface area contributed by atoms with Gasteiger partial charge in [0.05, 0.1) is 24.2 Å². The van der Waals surface area contributed by atoms with Gasteiger partial charge in [-0.15, -0.1) is 0 Å². The van der Waals surface area contributed by atoms with E-state index in [1.807, 2.05) is 0 Å². The lowest BCUT2D eigenvalue weighted by molar-refractivity contribution is 0.118. The molecule has 0 amide bonds. The van der Waals surface area contributed by atoms with Crippen molar-refractivity contribution in [3.8, 4) is 0 Å². The summed E-state index contributed by atoms with van der Waals surface area (Å²) in [5, 5.41) is 0. The van der Waals surface area contributed by atoms with Gasteiger partial charge < -0.3 is 9.72 Å². The van der Waals surface area contributed by atoms with E-state index in [1.54, 1.807) is 13.2 Å². The SMILES string of the molecule is COCC1CCCN(S(=O)(=O)NCc2nc3ccc(F)cc3[nH]2)C1. The largest absolute Gasteiger partial charge is 0.384 e. The van der Waals surface area contributed by atoms with Gasteiger partial charge in [-0.3, -0.25) is 0 Å². The molecule has 0 saturated carbocycles. The molecule has 1 aromatic carbocycles. The van der Waals surface area contributed by atoms with Crippen LogP contribution in [0.1, 0.15) is 18.7 Å². The zero-order valence-corrected chi connectivity index (χ0v) is 14.3. The zero-order chi connectivity index (χ0) is 17.2. The van der Waals surface area contributed by atoms with Gasteiger partial charge >= 0.3 is 0 Å². The second-order valence-electron chi connectivity index (χ2n) is 5.99. The van der Waals surface area contributed by atoms with Gasteiger partial charge in [0.15, 0.2) is 0 Å². The molecule has 0 spiro atoms. The molecular weight excluding hydrogens is 335 g/mol. The molecule has 24 heavy (non-hydrogen) atoms. The Kier molecular flexibility index (Phi) is 5.14. The Hall–Kier alpha value is -1.55. The van der Waals surface area contributed by atoms with Crippen LogP contribution in [0.15, 0.2) is 18.2 Å². The number of hydrogen-bond donors (Lipinski definition) is 2. The molecule has 1 unspecified atom stereocenters. The van der Waals surface area contributed by atoms with Crippen LogP contribution in [0.2, 0.25) is 0 Å². The third kappa shape index (κ3) is 3.92. The van der Waals surface area contributed by atoms with Crippen molar-refractivity contribution in [1.82, 2.24) is 19.0 Å². The van der Waals surface area contributed by atoms with E-state index in [0.29, 0.717) is 36.6 Å². The number of ether oxygens (including phenoxy) is 1. The first-order valence-corrected chi connectivity index (χ1v) is 9.30. The molecule has 7 nitrogen and oxygen atoms in total. The number of nitrogens with zero attached hydrogens (tertiary/aromatic N) is 2. The predicted molar refractivity (Wildman–Crippen MR) is 88.0 cm³/mol. The maximum absolute atomic E-state index is 13.2. The molecule has 0 aliphatic carbocycles. The highest BCUT2D eigenvalue weighted by Gasteiger charge is 2.28. The molecule has 2 heterocycles. The molecule has 3 rings (SSSR count). The molecular formula is C15H21FN4O3S. The number of rotatable bonds is 6. The zero-order valence-electron chi connectivity index (χ0n) is 13.5. The van der Waals surface area contributed by atoms with Crippen molar-refractivity contribution < 1.29 is 17.5 Å². The third-order valence-electron chi connectivity index (χ3n) is 4.14. The minimum Gasteiger partial charge on any atom is -0.384 e. The standard InChI is InChI=1S/C15H21FN4O3S/c1-23-10-11-3-2-6-20(9-11)24(21,22)17-8-15-18-13-5-4-12(16)7-14(13)19-15/h4-5,7,11,17H,2-3,6,8-10H2,1H3,(H,18,19). The summed E-state index contributed by atoms with van der Waals surface area (Å²) in [5.74, 6) is 0.301. The van der Waals surface area contributed by atoms with Gasteiger partial charge in [-0.05, 0) is 37.0 Å². The van der Waals surface area contributed by atoms with Gasteiger partial charge in [-0.25, -0.2) is 9.37 Å². The van der Waals surface area contributed by atoms with Gasteiger partial charge in [0.1, 0.15) is 11.6 Å². The van der Waals surface area contributed by atoms with Gasteiger partial charge in [0.25, 0.3) is 10.2 Å². The van der Waals surface area contributed by atoms with E-state index in [9.17, 15) is 12.8 Å². The van der Waals surface area contributed by atoms with E-state index in [1.165, 1.54) is 16.4 Å². The van der Waals surface area contributed by atoms with Gasteiger partial charge in [-0.1, -0.05) is 0 Å². The highest BCUT2D eigenvalue weighted by molar-refractivity contribution is 7.87. The number of H-pyrrole nitrogens is 1. The van der Waals surface area contributed by atoms with Crippen molar-refractivity contribution in [2.45, 2.75) is 19.4 Å². The van der Waals surface area contributed by atoms with E-state index in [4.69, 9.17) is 4.74 Å². The Labute approximate surface area is 140 Å². The number of aromatic nitrogens is 2. The van der Waals surface area contributed by atoms with Gasteiger partial charge in [-0.2, -0.15) is 17.4 Å². The molecule has 1 atom stereocenters. The van der Waals surface area contributed by atoms with Crippen molar-refractivity contribution in [2.75, 3.05) is 26.8 Å². The number of imidazole rings is 1. The number of piperidine rings is 1. The number of benzene rings is 1. The highest BCUT2D eigenvalue weighted by Crippen LogP contribution is 2.19. The van der Waals surface area contributed by atoms with E-state index in [0.717, 1.165) is 12.8 Å². The molecule has 9 heteroatoms. The van der Waals surface area contributed by atoms with E-state index < -0.39 is 10.2 Å². The van der Waals surface area contributed by atoms with Crippen LogP contribution in [0.5, 0.6) is 0 Å². The molecule has 0 bridgehead atoms. The average Bonchev–Trinajstić information content (AvgIpc) is 2.96. The average molecular weight is 356 g/mol. The summed E-state index contributed by atoms with van der Waals surface area (Å²) in [7, 11) is -1.96. The number of aromatic amines is 1. The molecule has 0 radical (unpaired) electrons. The lowest BCUT2D eigenvalue weighted by Crippen LogP contribution is -2.46. The first-order valence-electron chi connectivity index (χ1n) is 7.86. The normalized spacial score (nSPS) is 19.8. The minimum atomic E-state index is -3.58. The van der Waals surface area contributed by atoms with E-state index in [-0.39, 0.29) is 18.3 Å². The van der Waals surface area contributed by atoms with Crippen LogP contribution in [0.4, 0.5) is 4.39 Å². The Morgan fingerprint density at radius 2 is 2.33 bits per heavy atom. The quantitative estimate of drug-likeness (QED) is 0.819. The van der Waals surface area contributed by atoms with E-state index >= 15 is 0 Å². The van der Waals surface area contributed by atoms with E-state index in [2.05, 4.69) is 14.7 Å². The summed E-state index contributed by atoms with van der Waals surface area (Å²) in [6, 6.07) is 4.21. The predicted octanol–water partition coefficient (Wildman–Crippen LogP) is 1.39. The number of methoxy groups -OCH3 is 1. The fourth-order valence-corrected chi connectivity index (χ4v) is 4.26. The first-order chi connectivity index (χ1) is 11.5. The monoisotopic (exact) mass is 356 g/mol. The van der Waals surface area contributed by atoms with Crippen molar-refractivity contribution in [1.29, 1.82) is 0 Å². The van der Waals surface area contributed by atoms with Crippen LogP contribution in [-0.4, -0.2) is 49.5 Å². The lowest BCUT2D eigenvalue weighted by atomic mass is 10.0. The minimum absolute atomic E-state index is 0.0318. The third-order valence-corrected chi connectivity index (χ3v) is 5.66. The fourth-order valence-electron chi connectivity index (χ4n) is 2.99. The van der Waals surface area contributed by atoms with Crippen LogP contribution in [-0.2, 0) is 21.5 Å². The topological polar surface area (TPSA) is 87.3 Å². The summed E-state index contributed by atoms with van der Waals surface area (Å²) in [6.45, 7) is 1.54. The van der Waals surface area contributed by atoms with Crippen molar-refractivity contribution in [3.63, 3.8) is 0 Å². The Morgan fingerprint density at radius 1 is 1.50 bits per heavy atom. The molecule has 1 aliphatic rings. The summed E-state index contributed by atoms with van der Waals surface area (Å²) >= 11 is 0. The maximum atomic E-state index is 13.2. The number of hydrogen-bond acceptors (Lipinski definition) is 4. The van der Waals surface area contributed by atoms with Crippen LogP contribution in [0, 0.1) is 11.7 Å². The molecule has 1 saturated heterocycles. The smallest absolute Gasteiger partial charge is 0.279 e. The Bertz CT molecular complexity index is 806. The summed E-state index contributed by atoms with van der Waals surface area (Å²) in [4.78, 5) is 7.18. The van der Waals surface area contributed by atoms with Crippen LogP contribution < -0.4 is 4.72 Å². The Balaban J connectivity index is 1.65. The number of halogens is 1. The van der Waals surface area contributed by atoms with Crippen LogP contribution in [0.25, 0.3) is 11.0 Å². The molecule has 1 aromatic heterocycles. The summed E-state index contributed by atoms with van der Waals surface area (Å²) in [6.07, 6.45) is 1.79. The van der Waals surface area contributed by atoms with Crippen molar-refractivity contribution >= 4 is 21.2 Å². The van der Waals surface area contributed by atoms with Crippen molar-refractivity contribution in [2.24, 2.45) is 5.92 Å². The Morgan fingerprint density at radius 3 is 3.12 bits per heavy atom. The first kappa shape index (κ1) is 17.3. The van der Waals surface area contributed by atoms with Gasteiger partial charge in [0, 0.05) is 20.2 Å². The number of fused-ring (bicyclic) bond motifs is 1. The molecule has 2 aromatic rings. The number of nitrogens with one attached hydrogen (secondary N) is 2. The molecule has 1 aliphatic heterocycles. The highest BCUT2D eigenvalue weighted by atomic mass is 32.2. The summed E-state index contributed by atoms with van der Waals surface area (Å²) < 4.78 is 47.2. The molecule has 2 N–H and O–H groups in total. The van der Waals surface area contributed by atoms with Crippen molar-refractivity contribution in [3.05, 3.63) is 29.8 Å². The van der Waals surface area contributed by atoms with Crippen LogP contribution in [0.3, 0.4) is 0 Å². The van der Waals surface area contributed by atoms with Crippen LogP contribution >= 0.6 is 0 Å². The second-order valence-corrected chi connectivity index (χ2v) is 7.75. The second kappa shape index (κ2) is 7.14. The summed E-state index contributed by atoms with van der Waals surface area (Å²) in [5.41, 5.74) is 1.14. The van der Waals surface area contributed by atoms with Gasteiger partial charge in [0.2, 0.25) is 0 Å². The molecule has 1 fully saturated rings. The maximum Gasteiger partial charge on any atom is 0.279 e.